The molecule has 10 heteroatoms. The molecule has 3 heterocycles. The van der Waals surface area contributed by atoms with E-state index in [-0.39, 0.29) is 35.6 Å². The Morgan fingerprint density at radius 3 is 2.47 bits per heavy atom. The molecule has 0 bridgehead atoms. The number of carbonyl (C=O) groups excluding carboxylic acids is 1. The Morgan fingerprint density at radius 2 is 1.82 bits per heavy atom. The second-order valence-electron chi connectivity index (χ2n) is 9.65. The van der Waals surface area contributed by atoms with E-state index in [1.54, 1.807) is 11.0 Å². The van der Waals surface area contributed by atoms with Crippen molar-refractivity contribution in [2.24, 2.45) is 10.9 Å². The predicted octanol–water partition coefficient (Wildman–Crippen LogP) is 3.85. The van der Waals surface area contributed by atoms with Crippen molar-refractivity contribution >= 4 is 21.6 Å². The van der Waals surface area contributed by atoms with Gasteiger partial charge in [0.05, 0.1) is 17.9 Å². The summed E-state index contributed by atoms with van der Waals surface area (Å²) in [7, 11) is -3.42. The highest BCUT2D eigenvalue weighted by Crippen LogP contribution is 2.39. The van der Waals surface area contributed by atoms with Gasteiger partial charge in [0.2, 0.25) is 10.0 Å². The molecule has 6 nitrogen and oxygen atoms in total. The van der Waals surface area contributed by atoms with Crippen molar-refractivity contribution in [2.45, 2.75) is 45.2 Å². The molecule has 0 aliphatic carbocycles. The molecule has 1 saturated heterocycles. The number of carbonyl (C=O) groups is 1. The zero-order valence-electron chi connectivity index (χ0n) is 19.4. The van der Waals surface area contributed by atoms with E-state index in [1.807, 2.05) is 13.8 Å². The maximum absolute atomic E-state index is 13.4. The van der Waals surface area contributed by atoms with Crippen LogP contribution in [0.5, 0.6) is 0 Å². The van der Waals surface area contributed by atoms with Crippen LogP contribution in [0.4, 0.5) is 13.2 Å². The number of sulfonamides is 1. The average Bonchev–Trinajstić information content (AvgIpc) is 3.21. The highest BCUT2D eigenvalue weighted by molar-refractivity contribution is 7.89. The van der Waals surface area contributed by atoms with Crippen LogP contribution < -0.4 is 0 Å². The lowest BCUT2D eigenvalue weighted by atomic mass is 9.86. The molecule has 0 radical (unpaired) electrons. The molecular formula is C24H30F3N3O3S. The number of likely N-dealkylation sites (tertiary alicyclic amines) is 1. The van der Waals surface area contributed by atoms with Crippen LogP contribution in [0.1, 0.15) is 50.2 Å². The number of amides is 1. The maximum Gasteiger partial charge on any atom is 0.416 e. The van der Waals surface area contributed by atoms with Crippen molar-refractivity contribution in [1.82, 2.24) is 9.21 Å². The summed E-state index contributed by atoms with van der Waals surface area (Å²) in [6.45, 7) is 5.35. The van der Waals surface area contributed by atoms with Crippen LogP contribution in [-0.4, -0.2) is 67.7 Å². The summed E-state index contributed by atoms with van der Waals surface area (Å²) in [5.41, 5.74) is 1.69. The topological polar surface area (TPSA) is 70.1 Å². The van der Waals surface area contributed by atoms with E-state index in [0.717, 1.165) is 11.6 Å². The van der Waals surface area contributed by atoms with Crippen LogP contribution >= 0.6 is 0 Å². The molecule has 0 unspecified atom stereocenters. The van der Waals surface area contributed by atoms with Gasteiger partial charge in [-0.05, 0) is 53.9 Å². The van der Waals surface area contributed by atoms with Gasteiger partial charge in [-0.15, -0.1) is 0 Å². The van der Waals surface area contributed by atoms with Crippen LogP contribution in [0.25, 0.3) is 0 Å². The van der Waals surface area contributed by atoms with Crippen molar-refractivity contribution < 1.29 is 26.4 Å². The third-order valence-corrected chi connectivity index (χ3v) is 8.95. The lowest BCUT2D eigenvalue weighted by Gasteiger charge is -2.34. The Kier molecular flexibility index (Phi) is 6.92. The summed E-state index contributed by atoms with van der Waals surface area (Å²) < 4.78 is 67.2. The van der Waals surface area contributed by atoms with Crippen LogP contribution in [0.2, 0.25) is 0 Å². The first kappa shape index (κ1) is 24.9. The van der Waals surface area contributed by atoms with Gasteiger partial charge in [-0.2, -0.15) is 17.5 Å². The second-order valence-corrected chi connectivity index (χ2v) is 11.7. The number of aliphatic imine (C=N–C) groups is 1. The smallest absolute Gasteiger partial charge is 0.337 e. The molecule has 1 fully saturated rings. The summed E-state index contributed by atoms with van der Waals surface area (Å²) in [5, 5.41) is 0. The fraction of sp³-hybridized carbons (Fsp3) is 0.583. The number of hydrogen-bond acceptors (Lipinski definition) is 4. The second kappa shape index (κ2) is 9.45. The van der Waals surface area contributed by atoms with Gasteiger partial charge < -0.3 is 4.90 Å². The molecule has 0 N–H and O–H groups in total. The Morgan fingerprint density at radius 1 is 1.15 bits per heavy atom. The molecule has 34 heavy (non-hydrogen) atoms. The van der Waals surface area contributed by atoms with Gasteiger partial charge in [0, 0.05) is 26.2 Å². The molecule has 3 aliphatic heterocycles. The standard InChI is InChI=1S/C24H30F3N3O3S/c1-16(2)15-34(32,33)30-12-9-18-13-28-22(20(18)14-30)23(31)29-10-7-17(8-11-29)19-5-3-4-6-21(19)24(25,26)27/h3-6,16-17H,7-15H2,1-2H3. The highest BCUT2D eigenvalue weighted by atomic mass is 32.2. The van der Waals surface area contributed by atoms with E-state index in [0.29, 0.717) is 56.7 Å². The summed E-state index contributed by atoms with van der Waals surface area (Å²) in [6, 6.07) is 5.64. The Labute approximate surface area is 198 Å². The maximum atomic E-state index is 13.4. The van der Waals surface area contributed by atoms with E-state index >= 15 is 0 Å². The molecule has 1 aromatic carbocycles. The predicted molar refractivity (Wildman–Crippen MR) is 124 cm³/mol. The Balaban J connectivity index is 1.43. The molecule has 1 aromatic rings. The van der Waals surface area contributed by atoms with E-state index in [2.05, 4.69) is 4.99 Å². The Hall–Kier alpha value is -2.20. The molecule has 0 saturated carbocycles. The quantitative estimate of drug-likeness (QED) is 0.621. The van der Waals surface area contributed by atoms with Gasteiger partial charge >= 0.3 is 6.18 Å². The minimum Gasteiger partial charge on any atom is -0.337 e. The van der Waals surface area contributed by atoms with Crippen LogP contribution in [0.3, 0.4) is 0 Å². The van der Waals surface area contributed by atoms with Crippen LogP contribution in [-0.2, 0) is 21.0 Å². The van der Waals surface area contributed by atoms with Crippen molar-refractivity contribution in [1.29, 1.82) is 0 Å². The molecule has 0 spiro atoms. The first-order valence-corrected chi connectivity index (χ1v) is 13.3. The summed E-state index contributed by atoms with van der Waals surface area (Å²) in [5.74, 6) is -0.463. The van der Waals surface area contributed by atoms with Gasteiger partial charge in [-0.1, -0.05) is 32.0 Å². The lowest BCUT2D eigenvalue weighted by Crippen LogP contribution is -2.45. The molecule has 1 amide bonds. The molecule has 186 valence electrons. The number of hydrogen-bond donors (Lipinski definition) is 0. The summed E-state index contributed by atoms with van der Waals surface area (Å²) in [4.78, 5) is 19.4. The van der Waals surface area contributed by atoms with Gasteiger partial charge in [-0.25, -0.2) is 8.42 Å². The number of halogens is 3. The Bertz CT molecular complexity index is 1120. The number of benzene rings is 1. The normalized spacial score (nSPS) is 20.6. The van der Waals surface area contributed by atoms with E-state index < -0.39 is 21.8 Å². The monoisotopic (exact) mass is 497 g/mol. The summed E-state index contributed by atoms with van der Waals surface area (Å²) in [6.07, 6.45) is -2.98. The summed E-state index contributed by atoms with van der Waals surface area (Å²) >= 11 is 0. The highest BCUT2D eigenvalue weighted by Gasteiger charge is 2.38. The number of alkyl halides is 3. The molecule has 0 aromatic heterocycles. The minimum atomic E-state index is -4.41. The van der Waals surface area contributed by atoms with Gasteiger partial charge in [-0.3, -0.25) is 9.79 Å². The lowest BCUT2D eigenvalue weighted by molar-refractivity contribution is -0.138. The van der Waals surface area contributed by atoms with Gasteiger partial charge in [0.15, 0.2) is 0 Å². The number of rotatable bonds is 5. The third-order valence-electron chi connectivity index (χ3n) is 6.77. The largest absolute Gasteiger partial charge is 0.416 e. The molecule has 3 aliphatic rings. The third kappa shape index (κ3) is 5.07. The minimum absolute atomic E-state index is 0.00231. The molecular weight excluding hydrogens is 467 g/mol. The van der Waals surface area contributed by atoms with Crippen molar-refractivity contribution in [3.05, 3.63) is 46.5 Å². The average molecular weight is 498 g/mol. The SMILES string of the molecule is CC(C)CS(=O)(=O)N1CCC2=C(C1)C(C(=O)N1CCC(c3ccccc3C(F)(F)F)CC1)=NC2. The molecule has 4 rings (SSSR count). The van der Waals surface area contributed by atoms with Crippen molar-refractivity contribution in [2.75, 3.05) is 38.5 Å². The van der Waals surface area contributed by atoms with Gasteiger partial charge in [0.25, 0.3) is 5.91 Å². The first-order valence-electron chi connectivity index (χ1n) is 11.7. The number of piperidine rings is 1. The van der Waals surface area contributed by atoms with E-state index in [4.69, 9.17) is 0 Å². The van der Waals surface area contributed by atoms with E-state index in [9.17, 15) is 26.4 Å². The number of nitrogens with zero attached hydrogens (tertiary/aromatic N) is 3. The van der Waals surface area contributed by atoms with E-state index in [1.165, 1.54) is 16.4 Å². The van der Waals surface area contributed by atoms with Crippen LogP contribution in [0.15, 0.2) is 40.4 Å². The zero-order valence-corrected chi connectivity index (χ0v) is 20.3. The van der Waals surface area contributed by atoms with Gasteiger partial charge in [0.1, 0.15) is 5.71 Å². The van der Waals surface area contributed by atoms with Crippen molar-refractivity contribution in [3.63, 3.8) is 0 Å². The van der Waals surface area contributed by atoms with Crippen LogP contribution in [0, 0.1) is 5.92 Å². The fourth-order valence-electron chi connectivity index (χ4n) is 5.08. The molecule has 0 atom stereocenters. The van der Waals surface area contributed by atoms with Crippen molar-refractivity contribution in [3.8, 4) is 0 Å². The first-order chi connectivity index (χ1) is 16.0. The zero-order chi connectivity index (χ0) is 24.7. The fourth-order valence-corrected chi connectivity index (χ4v) is 6.83.